The van der Waals surface area contributed by atoms with Crippen LogP contribution in [-0.2, 0) is 16.1 Å². The van der Waals surface area contributed by atoms with E-state index in [2.05, 4.69) is 22.9 Å². The fourth-order valence-corrected chi connectivity index (χ4v) is 4.31. The molecule has 1 N–H and O–H groups in total. The highest BCUT2D eigenvalue weighted by atomic mass is 32.1. The van der Waals surface area contributed by atoms with E-state index in [-0.39, 0.29) is 29.7 Å². The summed E-state index contributed by atoms with van der Waals surface area (Å²) >= 11 is 4.53. The summed E-state index contributed by atoms with van der Waals surface area (Å²) in [7, 11) is 0. The van der Waals surface area contributed by atoms with Gasteiger partial charge in [0.05, 0.1) is 6.33 Å². The topological polar surface area (TPSA) is 67.2 Å². The summed E-state index contributed by atoms with van der Waals surface area (Å²) < 4.78 is 1.73. The van der Waals surface area contributed by atoms with Crippen molar-refractivity contribution in [3.63, 3.8) is 0 Å². The van der Waals surface area contributed by atoms with Crippen LogP contribution >= 0.6 is 12.6 Å². The second-order valence-corrected chi connectivity index (χ2v) is 9.11. The molecular weight excluding hydrogens is 396 g/mol. The molecule has 1 heterocycles. The number of benzene rings is 1. The summed E-state index contributed by atoms with van der Waals surface area (Å²) in [5.74, 6) is -0.231. The van der Waals surface area contributed by atoms with Crippen LogP contribution in [0.1, 0.15) is 56.2 Å². The van der Waals surface area contributed by atoms with Crippen LogP contribution in [0.25, 0.3) is 0 Å². The Kier molecular flexibility index (Phi) is 7.96. The van der Waals surface area contributed by atoms with Gasteiger partial charge in [-0.3, -0.25) is 9.59 Å². The number of carbonyl (C=O) groups is 2. The molecule has 0 bridgehead atoms. The molecule has 1 saturated carbocycles. The van der Waals surface area contributed by atoms with E-state index < -0.39 is 6.04 Å². The standard InChI is InChI=1S/C23H32N4O2S/c1-17-8-6-7-11-20(17)22(23(29)25-19-9-4-3-5-10-19)27(14-18(2)30)21(28)15-26-13-12-24-16-26/h6-8,11-13,16,18-19,22,30H,3-5,9-10,14-15H2,1-2H3,(H,25,29). The van der Waals surface area contributed by atoms with Gasteiger partial charge in [-0.25, -0.2) is 4.98 Å². The van der Waals surface area contributed by atoms with E-state index in [0.29, 0.717) is 6.54 Å². The van der Waals surface area contributed by atoms with E-state index in [0.717, 1.165) is 36.8 Å². The van der Waals surface area contributed by atoms with Crippen molar-refractivity contribution in [2.45, 2.75) is 69.8 Å². The van der Waals surface area contributed by atoms with Gasteiger partial charge in [0, 0.05) is 30.2 Å². The average molecular weight is 429 g/mol. The molecule has 0 aliphatic heterocycles. The monoisotopic (exact) mass is 428 g/mol. The molecule has 1 aliphatic carbocycles. The maximum Gasteiger partial charge on any atom is 0.247 e. The second-order valence-electron chi connectivity index (χ2n) is 8.23. The largest absolute Gasteiger partial charge is 0.351 e. The van der Waals surface area contributed by atoms with Crippen LogP contribution in [-0.4, -0.2) is 44.1 Å². The van der Waals surface area contributed by atoms with E-state index in [1.54, 1.807) is 28.2 Å². The molecule has 0 spiro atoms. The third-order valence-corrected chi connectivity index (χ3v) is 5.82. The van der Waals surface area contributed by atoms with Gasteiger partial charge in [0.25, 0.3) is 0 Å². The Labute approximate surface area is 184 Å². The molecular formula is C23H32N4O2S. The van der Waals surface area contributed by atoms with Gasteiger partial charge >= 0.3 is 0 Å². The van der Waals surface area contributed by atoms with E-state index in [1.165, 1.54) is 6.42 Å². The molecule has 0 saturated heterocycles. The summed E-state index contributed by atoms with van der Waals surface area (Å²) in [6.07, 6.45) is 10.5. The zero-order chi connectivity index (χ0) is 21.5. The molecule has 2 unspecified atom stereocenters. The van der Waals surface area contributed by atoms with E-state index >= 15 is 0 Å². The van der Waals surface area contributed by atoms with E-state index in [9.17, 15) is 9.59 Å². The Balaban J connectivity index is 1.92. The van der Waals surface area contributed by atoms with Crippen molar-refractivity contribution in [3.05, 3.63) is 54.1 Å². The molecule has 1 aromatic heterocycles. The summed E-state index contributed by atoms with van der Waals surface area (Å²) in [5, 5.41) is 3.17. The van der Waals surface area contributed by atoms with E-state index in [4.69, 9.17) is 0 Å². The van der Waals surface area contributed by atoms with Gasteiger partial charge in [-0.2, -0.15) is 12.6 Å². The summed E-state index contributed by atoms with van der Waals surface area (Å²) in [5.41, 5.74) is 1.85. The van der Waals surface area contributed by atoms with Crippen LogP contribution in [0.5, 0.6) is 0 Å². The molecule has 0 radical (unpaired) electrons. The molecule has 6 nitrogen and oxygen atoms in total. The minimum absolute atomic E-state index is 0.0641. The summed E-state index contributed by atoms with van der Waals surface area (Å²) in [6.45, 7) is 4.45. The zero-order valence-electron chi connectivity index (χ0n) is 17.8. The number of thiol groups is 1. The fourth-order valence-electron chi connectivity index (χ4n) is 4.13. The van der Waals surface area contributed by atoms with Crippen molar-refractivity contribution in [2.75, 3.05) is 6.54 Å². The van der Waals surface area contributed by atoms with Crippen LogP contribution in [0.4, 0.5) is 0 Å². The van der Waals surface area contributed by atoms with Crippen molar-refractivity contribution < 1.29 is 9.59 Å². The first-order valence-electron chi connectivity index (χ1n) is 10.7. The number of rotatable bonds is 8. The van der Waals surface area contributed by atoms with Crippen LogP contribution in [0.15, 0.2) is 43.0 Å². The van der Waals surface area contributed by atoms with Crippen molar-refractivity contribution in [1.82, 2.24) is 19.8 Å². The molecule has 7 heteroatoms. The Morgan fingerprint density at radius 1 is 1.27 bits per heavy atom. The van der Waals surface area contributed by atoms with Gasteiger partial charge in [0.1, 0.15) is 12.6 Å². The number of nitrogens with zero attached hydrogens (tertiary/aromatic N) is 3. The number of aromatic nitrogens is 2. The fraction of sp³-hybridized carbons (Fsp3) is 0.522. The van der Waals surface area contributed by atoms with Gasteiger partial charge < -0.3 is 14.8 Å². The normalized spacial score (nSPS) is 16.6. The van der Waals surface area contributed by atoms with Gasteiger partial charge in [0.2, 0.25) is 11.8 Å². The molecule has 1 fully saturated rings. The highest BCUT2D eigenvalue weighted by molar-refractivity contribution is 7.80. The minimum Gasteiger partial charge on any atom is -0.351 e. The molecule has 2 aromatic rings. The first-order chi connectivity index (χ1) is 14.5. The molecule has 2 atom stereocenters. The average Bonchev–Trinajstić information content (AvgIpc) is 3.22. The minimum atomic E-state index is -0.682. The van der Waals surface area contributed by atoms with Crippen LogP contribution in [0, 0.1) is 6.92 Å². The highest BCUT2D eigenvalue weighted by Crippen LogP contribution is 2.27. The van der Waals surface area contributed by atoms with Gasteiger partial charge in [0.15, 0.2) is 0 Å². The van der Waals surface area contributed by atoms with Crippen LogP contribution < -0.4 is 5.32 Å². The lowest BCUT2D eigenvalue weighted by Gasteiger charge is -2.35. The number of amides is 2. The number of nitrogens with one attached hydrogen (secondary N) is 1. The van der Waals surface area contributed by atoms with Gasteiger partial charge in [-0.15, -0.1) is 0 Å². The first kappa shape index (κ1) is 22.4. The number of hydrogen-bond acceptors (Lipinski definition) is 4. The Bertz CT molecular complexity index is 831. The highest BCUT2D eigenvalue weighted by Gasteiger charge is 2.34. The van der Waals surface area contributed by atoms with E-state index in [1.807, 2.05) is 38.1 Å². The molecule has 30 heavy (non-hydrogen) atoms. The summed E-state index contributed by atoms with van der Waals surface area (Å²) in [4.78, 5) is 32.6. The zero-order valence-corrected chi connectivity index (χ0v) is 18.7. The van der Waals surface area contributed by atoms with Crippen molar-refractivity contribution in [2.24, 2.45) is 0 Å². The SMILES string of the molecule is Cc1ccccc1C(C(=O)NC1CCCCC1)N(CC(C)S)C(=O)Cn1ccnc1. The maximum absolute atomic E-state index is 13.5. The number of aryl methyl sites for hydroxylation is 1. The Morgan fingerprint density at radius 2 is 2.00 bits per heavy atom. The van der Waals surface area contributed by atoms with Crippen molar-refractivity contribution >= 4 is 24.4 Å². The summed E-state index contributed by atoms with van der Waals surface area (Å²) in [6, 6.07) is 7.30. The number of imidazole rings is 1. The maximum atomic E-state index is 13.5. The predicted octanol–water partition coefficient (Wildman–Crippen LogP) is 3.53. The quantitative estimate of drug-likeness (QED) is 0.632. The lowest BCUT2D eigenvalue weighted by atomic mass is 9.94. The van der Waals surface area contributed by atoms with Crippen molar-refractivity contribution in [3.8, 4) is 0 Å². The smallest absolute Gasteiger partial charge is 0.247 e. The molecule has 1 aliphatic rings. The third-order valence-electron chi connectivity index (χ3n) is 5.65. The van der Waals surface area contributed by atoms with Gasteiger partial charge in [-0.1, -0.05) is 50.5 Å². The second kappa shape index (κ2) is 10.7. The van der Waals surface area contributed by atoms with Crippen LogP contribution in [0.2, 0.25) is 0 Å². The number of carbonyl (C=O) groups excluding carboxylic acids is 2. The molecule has 3 rings (SSSR count). The van der Waals surface area contributed by atoms with Crippen LogP contribution in [0.3, 0.4) is 0 Å². The number of hydrogen-bond donors (Lipinski definition) is 2. The Morgan fingerprint density at radius 3 is 2.63 bits per heavy atom. The molecule has 1 aromatic carbocycles. The van der Waals surface area contributed by atoms with Gasteiger partial charge in [-0.05, 0) is 30.9 Å². The first-order valence-corrected chi connectivity index (χ1v) is 11.3. The Hall–Kier alpha value is -2.28. The lowest BCUT2D eigenvalue weighted by molar-refractivity contribution is -0.141. The lowest BCUT2D eigenvalue weighted by Crippen LogP contribution is -2.49. The van der Waals surface area contributed by atoms with Crippen molar-refractivity contribution in [1.29, 1.82) is 0 Å². The molecule has 2 amide bonds. The predicted molar refractivity (Wildman–Crippen MR) is 121 cm³/mol. The third kappa shape index (κ3) is 5.88. The molecule has 162 valence electrons.